The van der Waals surface area contributed by atoms with Crippen molar-refractivity contribution in [3.8, 4) is 0 Å². The monoisotopic (exact) mass is 300 g/mol. The number of rotatable bonds is 6. The van der Waals surface area contributed by atoms with Gasteiger partial charge in [0.2, 0.25) is 5.91 Å². The lowest BCUT2D eigenvalue weighted by Gasteiger charge is -2.24. The highest BCUT2D eigenvalue weighted by molar-refractivity contribution is 5.94. The Morgan fingerprint density at radius 3 is 2.32 bits per heavy atom. The molecule has 0 spiro atoms. The summed E-state index contributed by atoms with van der Waals surface area (Å²) in [6.45, 7) is 3.21. The van der Waals surface area contributed by atoms with Gasteiger partial charge in [0.15, 0.2) is 0 Å². The maximum atomic E-state index is 13.7. The van der Waals surface area contributed by atoms with Crippen LogP contribution in [-0.2, 0) is 11.3 Å². The zero-order valence-electron chi connectivity index (χ0n) is 13.0. The number of nitrogens with zero attached hydrogens (tertiary/aromatic N) is 2. The van der Waals surface area contributed by atoms with Crippen molar-refractivity contribution in [2.45, 2.75) is 13.5 Å². The second-order valence-corrected chi connectivity index (χ2v) is 5.24. The summed E-state index contributed by atoms with van der Waals surface area (Å²) in [5, 5.41) is 0. The first-order valence-corrected chi connectivity index (χ1v) is 7.39. The molecular weight excluding hydrogens is 279 g/mol. The van der Waals surface area contributed by atoms with E-state index in [1.165, 1.54) is 6.07 Å². The SMILES string of the molecule is CCN(C(=O)CN(C)Cc1ccccc1F)c1ccccc1. The first-order valence-electron chi connectivity index (χ1n) is 7.39. The maximum absolute atomic E-state index is 13.7. The van der Waals surface area contributed by atoms with Gasteiger partial charge in [-0.05, 0) is 32.2 Å². The van der Waals surface area contributed by atoms with Gasteiger partial charge < -0.3 is 4.90 Å². The van der Waals surface area contributed by atoms with E-state index in [4.69, 9.17) is 0 Å². The fourth-order valence-electron chi connectivity index (χ4n) is 2.40. The molecule has 0 radical (unpaired) electrons. The molecule has 0 aliphatic rings. The summed E-state index contributed by atoms with van der Waals surface area (Å²) in [5.41, 5.74) is 1.48. The Labute approximate surface area is 131 Å². The molecule has 2 rings (SSSR count). The topological polar surface area (TPSA) is 23.6 Å². The molecular formula is C18H21FN2O. The third-order valence-electron chi connectivity index (χ3n) is 3.49. The van der Waals surface area contributed by atoms with Gasteiger partial charge in [0, 0.05) is 24.3 Å². The molecule has 0 N–H and O–H groups in total. The number of halogens is 1. The Kier molecular flexibility index (Phi) is 5.67. The van der Waals surface area contributed by atoms with E-state index in [0.29, 0.717) is 18.7 Å². The summed E-state index contributed by atoms with van der Waals surface area (Å²) in [6, 6.07) is 16.2. The summed E-state index contributed by atoms with van der Waals surface area (Å²) in [5.74, 6) is -0.232. The standard InChI is InChI=1S/C18H21FN2O/c1-3-21(16-10-5-4-6-11-16)18(22)14-20(2)13-15-9-7-8-12-17(15)19/h4-12H,3,13-14H2,1-2H3. The van der Waals surface area contributed by atoms with Crippen LogP contribution < -0.4 is 4.90 Å². The van der Waals surface area contributed by atoms with Gasteiger partial charge in [-0.1, -0.05) is 36.4 Å². The van der Waals surface area contributed by atoms with Crippen molar-refractivity contribution in [1.29, 1.82) is 0 Å². The number of amides is 1. The first-order chi connectivity index (χ1) is 10.6. The van der Waals surface area contributed by atoms with Crippen LogP contribution in [0.2, 0.25) is 0 Å². The van der Waals surface area contributed by atoms with Crippen LogP contribution in [0.3, 0.4) is 0 Å². The van der Waals surface area contributed by atoms with E-state index in [9.17, 15) is 9.18 Å². The van der Waals surface area contributed by atoms with Crippen molar-refractivity contribution in [2.24, 2.45) is 0 Å². The third kappa shape index (κ3) is 4.15. The van der Waals surface area contributed by atoms with E-state index in [1.807, 2.05) is 49.2 Å². The minimum atomic E-state index is -0.239. The number of carbonyl (C=O) groups excluding carboxylic acids is 1. The van der Waals surface area contributed by atoms with Crippen molar-refractivity contribution >= 4 is 11.6 Å². The molecule has 0 aromatic heterocycles. The largest absolute Gasteiger partial charge is 0.312 e. The average molecular weight is 300 g/mol. The normalized spacial score (nSPS) is 10.7. The van der Waals surface area contributed by atoms with Crippen LogP contribution in [0.15, 0.2) is 54.6 Å². The molecule has 116 valence electrons. The minimum Gasteiger partial charge on any atom is -0.312 e. The van der Waals surface area contributed by atoms with Crippen molar-refractivity contribution in [1.82, 2.24) is 4.90 Å². The van der Waals surface area contributed by atoms with Gasteiger partial charge in [-0.2, -0.15) is 0 Å². The fraction of sp³-hybridized carbons (Fsp3) is 0.278. The second kappa shape index (κ2) is 7.71. The van der Waals surface area contributed by atoms with E-state index in [2.05, 4.69) is 0 Å². The summed E-state index contributed by atoms with van der Waals surface area (Å²) in [6.07, 6.45) is 0. The first kappa shape index (κ1) is 16.2. The lowest BCUT2D eigenvalue weighted by Crippen LogP contribution is -2.38. The molecule has 0 fully saturated rings. The molecule has 0 unspecified atom stereocenters. The molecule has 0 atom stereocenters. The van der Waals surface area contributed by atoms with Gasteiger partial charge in [0.05, 0.1) is 6.54 Å². The Morgan fingerprint density at radius 2 is 1.68 bits per heavy atom. The number of benzene rings is 2. The summed E-state index contributed by atoms with van der Waals surface area (Å²) in [4.78, 5) is 16.0. The predicted molar refractivity (Wildman–Crippen MR) is 87.2 cm³/mol. The van der Waals surface area contributed by atoms with E-state index >= 15 is 0 Å². The van der Waals surface area contributed by atoms with E-state index in [0.717, 1.165) is 5.69 Å². The number of hydrogen-bond acceptors (Lipinski definition) is 2. The van der Waals surface area contributed by atoms with Crippen molar-refractivity contribution in [2.75, 3.05) is 25.0 Å². The van der Waals surface area contributed by atoms with Crippen molar-refractivity contribution < 1.29 is 9.18 Å². The predicted octanol–water partition coefficient (Wildman–Crippen LogP) is 3.31. The van der Waals surface area contributed by atoms with Gasteiger partial charge in [0.1, 0.15) is 5.82 Å². The fourth-order valence-corrected chi connectivity index (χ4v) is 2.40. The highest BCUT2D eigenvalue weighted by Crippen LogP contribution is 2.14. The Balaban J connectivity index is 2.00. The van der Waals surface area contributed by atoms with E-state index < -0.39 is 0 Å². The quantitative estimate of drug-likeness (QED) is 0.817. The lowest BCUT2D eigenvalue weighted by molar-refractivity contribution is -0.119. The van der Waals surface area contributed by atoms with Crippen LogP contribution in [-0.4, -0.2) is 30.9 Å². The summed E-state index contributed by atoms with van der Waals surface area (Å²) in [7, 11) is 1.82. The number of para-hydroxylation sites is 1. The van der Waals surface area contributed by atoms with Crippen molar-refractivity contribution in [3.63, 3.8) is 0 Å². The average Bonchev–Trinajstić information content (AvgIpc) is 2.51. The minimum absolute atomic E-state index is 0.00698. The zero-order valence-corrected chi connectivity index (χ0v) is 13.0. The number of hydrogen-bond donors (Lipinski definition) is 0. The van der Waals surface area contributed by atoms with Gasteiger partial charge in [0.25, 0.3) is 0 Å². The Morgan fingerprint density at radius 1 is 1.05 bits per heavy atom. The summed E-state index contributed by atoms with van der Waals surface area (Å²) < 4.78 is 13.7. The molecule has 1 amide bonds. The molecule has 0 aliphatic heterocycles. The molecule has 0 aliphatic carbocycles. The van der Waals surface area contributed by atoms with Gasteiger partial charge >= 0.3 is 0 Å². The van der Waals surface area contributed by atoms with Crippen LogP contribution in [0.25, 0.3) is 0 Å². The Hall–Kier alpha value is -2.20. The van der Waals surface area contributed by atoms with Crippen LogP contribution in [0, 0.1) is 5.82 Å². The number of carbonyl (C=O) groups is 1. The molecule has 0 heterocycles. The molecule has 0 saturated heterocycles. The van der Waals surface area contributed by atoms with Crippen LogP contribution in [0.5, 0.6) is 0 Å². The van der Waals surface area contributed by atoms with E-state index in [1.54, 1.807) is 23.1 Å². The third-order valence-corrected chi connectivity index (χ3v) is 3.49. The van der Waals surface area contributed by atoms with Gasteiger partial charge in [-0.25, -0.2) is 4.39 Å². The smallest absolute Gasteiger partial charge is 0.241 e. The second-order valence-electron chi connectivity index (χ2n) is 5.24. The zero-order chi connectivity index (χ0) is 15.9. The number of likely N-dealkylation sites (N-methyl/N-ethyl adjacent to an activating group) is 2. The molecule has 0 bridgehead atoms. The van der Waals surface area contributed by atoms with Gasteiger partial charge in [-0.3, -0.25) is 9.69 Å². The maximum Gasteiger partial charge on any atom is 0.241 e. The molecule has 22 heavy (non-hydrogen) atoms. The molecule has 4 heteroatoms. The molecule has 0 saturated carbocycles. The number of anilines is 1. The highest BCUT2D eigenvalue weighted by Gasteiger charge is 2.16. The summed E-state index contributed by atoms with van der Waals surface area (Å²) >= 11 is 0. The molecule has 2 aromatic carbocycles. The van der Waals surface area contributed by atoms with Crippen LogP contribution >= 0.6 is 0 Å². The van der Waals surface area contributed by atoms with Crippen LogP contribution in [0.1, 0.15) is 12.5 Å². The molecule has 3 nitrogen and oxygen atoms in total. The van der Waals surface area contributed by atoms with Crippen molar-refractivity contribution in [3.05, 3.63) is 66.0 Å². The lowest BCUT2D eigenvalue weighted by atomic mass is 10.2. The Bertz CT molecular complexity index is 615. The van der Waals surface area contributed by atoms with Gasteiger partial charge in [-0.15, -0.1) is 0 Å². The van der Waals surface area contributed by atoms with Crippen LogP contribution in [0.4, 0.5) is 10.1 Å². The highest BCUT2D eigenvalue weighted by atomic mass is 19.1. The van der Waals surface area contributed by atoms with E-state index in [-0.39, 0.29) is 18.3 Å². The molecule has 2 aromatic rings.